The highest BCUT2D eigenvalue weighted by molar-refractivity contribution is 6.36. The van der Waals surface area contributed by atoms with Crippen molar-refractivity contribution in [2.45, 2.75) is 26.4 Å². The third-order valence-corrected chi connectivity index (χ3v) is 5.42. The van der Waals surface area contributed by atoms with Crippen LogP contribution in [0.1, 0.15) is 19.7 Å². The van der Waals surface area contributed by atoms with Gasteiger partial charge in [0.05, 0.1) is 23.0 Å². The van der Waals surface area contributed by atoms with Crippen molar-refractivity contribution in [2.75, 3.05) is 0 Å². The fraction of sp³-hybridized carbons (Fsp3) is 0.200. The molecule has 4 nitrogen and oxygen atoms in total. The van der Waals surface area contributed by atoms with Gasteiger partial charge < -0.3 is 4.90 Å². The van der Waals surface area contributed by atoms with E-state index in [1.165, 1.54) is 0 Å². The van der Waals surface area contributed by atoms with E-state index in [2.05, 4.69) is 0 Å². The number of carbonyl (C=O) groups is 1. The molecule has 4 rings (SSSR count). The van der Waals surface area contributed by atoms with Crippen LogP contribution in [0.3, 0.4) is 0 Å². The van der Waals surface area contributed by atoms with Crippen LogP contribution in [-0.4, -0.2) is 26.5 Å². The Labute approximate surface area is 172 Å². The number of benzene rings is 2. The maximum Gasteiger partial charge on any atom is 0.330 e. The highest BCUT2D eigenvalue weighted by atomic mass is 35.5. The molecule has 0 atom stereocenters. The minimum atomic E-state index is -0.0891. The Morgan fingerprint density at radius 3 is 2.30 bits per heavy atom. The Morgan fingerprint density at radius 2 is 1.67 bits per heavy atom. The van der Waals surface area contributed by atoms with Crippen molar-refractivity contribution in [1.82, 2.24) is 14.5 Å². The molecule has 1 aliphatic heterocycles. The van der Waals surface area contributed by atoms with Gasteiger partial charge in [-0.2, -0.15) is 0 Å². The Balaban J connectivity index is 1.96. The first kappa shape index (κ1) is 18.4. The van der Waals surface area contributed by atoms with E-state index >= 15 is 0 Å². The number of halogens is 3. The second-order valence-corrected chi connectivity index (χ2v) is 7.98. The Morgan fingerprint density at radius 1 is 1.00 bits per heavy atom. The first-order valence-electron chi connectivity index (χ1n) is 8.50. The van der Waals surface area contributed by atoms with Gasteiger partial charge in [0.2, 0.25) is 0 Å². The van der Waals surface area contributed by atoms with E-state index in [0.717, 1.165) is 11.1 Å². The second kappa shape index (κ2) is 6.86. The molecule has 0 aliphatic carbocycles. The number of aromatic nitrogens is 2. The van der Waals surface area contributed by atoms with E-state index in [9.17, 15) is 4.79 Å². The minimum Gasteiger partial charge on any atom is -0.314 e. The average Bonchev–Trinajstić information content (AvgIpc) is 3.13. The molecule has 138 valence electrons. The molecular weight excluding hydrogens is 405 g/mol. The van der Waals surface area contributed by atoms with Crippen LogP contribution in [0, 0.1) is 0 Å². The predicted molar refractivity (Wildman–Crippen MR) is 110 cm³/mol. The van der Waals surface area contributed by atoms with E-state index in [4.69, 9.17) is 39.8 Å². The predicted octanol–water partition coefficient (Wildman–Crippen LogP) is 6.37. The second-order valence-electron chi connectivity index (χ2n) is 6.70. The molecule has 0 spiro atoms. The fourth-order valence-electron chi connectivity index (χ4n) is 3.27. The summed E-state index contributed by atoms with van der Waals surface area (Å²) in [7, 11) is 0. The van der Waals surface area contributed by atoms with E-state index in [0.29, 0.717) is 38.8 Å². The lowest BCUT2D eigenvalue weighted by atomic mass is 10.0. The van der Waals surface area contributed by atoms with Gasteiger partial charge in [-0.15, -0.1) is 0 Å². The number of imidazole rings is 1. The smallest absolute Gasteiger partial charge is 0.314 e. The van der Waals surface area contributed by atoms with Gasteiger partial charge in [0.15, 0.2) is 0 Å². The Hall–Kier alpha value is -2.01. The van der Waals surface area contributed by atoms with Gasteiger partial charge >= 0.3 is 6.03 Å². The molecule has 0 bridgehead atoms. The van der Waals surface area contributed by atoms with E-state index < -0.39 is 0 Å². The lowest BCUT2D eigenvalue weighted by molar-refractivity contribution is 0.196. The monoisotopic (exact) mass is 419 g/mol. The third kappa shape index (κ3) is 3.12. The number of rotatable bonds is 3. The summed E-state index contributed by atoms with van der Waals surface area (Å²) in [5.41, 5.74) is 2.94. The molecule has 1 amide bonds. The molecule has 0 N–H and O–H groups in total. The number of nitrogens with zero attached hydrogens (tertiary/aromatic N) is 3. The summed E-state index contributed by atoms with van der Waals surface area (Å²) in [5.74, 6) is 0.694. The minimum absolute atomic E-state index is 0.0832. The van der Waals surface area contributed by atoms with Gasteiger partial charge in [0.25, 0.3) is 0 Å². The molecule has 0 saturated carbocycles. The van der Waals surface area contributed by atoms with Crippen molar-refractivity contribution in [2.24, 2.45) is 0 Å². The van der Waals surface area contributed by atoms with E-state index in [-0.39, 0.29) is 12.1 Å². The van der Waals surface area contributed by atoms with Gasteiger partial charge in [0, 0.05) is 27.2 Å². The maximum atomic E-state index is 13.1. The third-order valence-electron chi connectivity index (χ3n) is 4.62. The van der Waals surface area contributed by atoms with Gasteiger partial charge in [-0.1, -0.05) is 46.9 Å². The van der Waals surface area contributed by atoms with Crippen molar-refractivity contribution in [3.05, 3.63) is 63.4 Å². The number of hydrogen-bond donors (Lipinski definition) is 0. The Kier molecular flexibility index (Phi) is 4.66. The number of hydrogen-bond acceptors (Lipinski definition) is 2. The van der Waals surface area contributed by atoms with Crippen LogP contribution in [0.5, 0.6) is 0 Å². The average molecular weight is 421 g/mol. The zero-order valence-electron chi connectivity index (χ0n) is 14.7. The quantitative estimate of drug-likeness (QED) is 0.494. The summed E-state index contributed by atoms with van der Waals surface area (Å²) in [6.07, 6.45) is 0. The molecule has 1 aliphatic rings. The molecule has 2 aromatic carbocycles. The molecule has 3 aromatic rings. The lowest BCUT2D eigenvalue weighted by Crippen LogP contribution is -2.32. The van der Waals surface area contributed by atoms with Crippen LogP contribution < -0.4 is 0 Å². The zero-order valence-corrected chi connectivity index (χ0v) is 17.0. The number of fused-ring (bicyclic) bond motifs is 1. The van der Waals surface area contributed by atoms with Crippen molar-refractivity contribution in [3.8, 4) is 22.5 Å². The van der Waals surface area contributed by atoms with Crippen LogP contribution >= 0.6 is 34.8 Å². The maximum absolute atomic E-state index is 13.1. The molecule has 1 aromatic heterocycles. The summed E-state index contributed by atoms with van der Waals surface area (Å²) in [6.45, 7) is 4.44. The first-order valence-corrected chi connectivity index (χ1v) is 9.64. The van der Waals surface area contributed by atoms with Crippen molar-refractivity contribution in [1.29, 1.82) is 0 Å². The molecule has 2 heterocycles. The molecule has 0 radical (unpaired) electrons. The van der Waals surface area contributed by atoms with Crippen molar-refractivity contribution in [3.63, 3.8) is 0 Å². The van der Waals surface area contributed by atoms with Crippen molar-refractivity contribution >= 4 is 40.8 Å². The first-order chi connectivity index (χ1) is 12.9. The molecule has 7 heteroatoms. The van der Waals surface area contributed by atoms with E-state index in [1.807, 2.05) is 32.0 Å². The summed E-state index contributed by atoms with van der Waals surface area (Å²) in [5, 5.41) is 1.66. The summed E-state index contributed by atoms with van der Waals surface area (Å²) in [4.78, 5) is 19.6. The van der Waals surface area contributed by atoms with Crippen LogP contribution in [0.15, 0.2) is 42.5 Å². The molecule has 27 heavy (non-hydrogen) atoms. The molecule has 0 saturated heterocycles. The van der Waals surface area contributed by atoms with Crippen LogP contribution in [0.2, 0.25) is 15.1 Å². The van der Waals surface area contributed by atoms with Gasteiger partial charge in [-0.05, 0) is 44.2 Å². The lowest BCUT2D eigenvalue weighted by Gasteiger charge is -2.20. The normalized spacial score (nSPS) is 13.6. The highest BCUT2D eigenvalue weighted by Gasteiger charge is 2.35. The summed E-state index contributed by atoms with van der Waals surface area (Å²) < 4.78 is 1.67. The Bertz CT molecular complexity index is 1040. The largest absolute Gasteiger partial charge is 0.330 e. The van der Waals surface area contributed by atoms with Crippen LogP contribution in [0.25, 0.3) is 22.5 Å². The summed E-state index contributed by atoms with van der Waals surface area (Å²) in [6, 6.07) is 12.6. The molecule has 0 unspecified atom stereocenters. The SMILES string of the molecule is CC(C)N1Cc2nc(-c3ccc(Cl)cc3Cl)c(-c3ccc(Cl)cc3)n2C1=O. The zero-order chi connectivity index (χ0) is 19.3. The fourth-order valence-corrected chi connectivity index (χ4v) is 3.90. The highest BCUT2D eigenvalue weighted by Crippen LogP contribution is 2.39. The number of carbonyl (C=O) groups excluding carboxylic acids is 1. The van der Waals surface area contributed by atoms with Crippen LogP contribution in [-0.2, 0) is 6.54 Å². The van der Waals surface area contributed by atoms with Crippen molar-refractivity contribution < 1.29 is 4.79 Å². The van der Waals surface area contributed by atoms with Crippen LogP contribution in [0.4, 0.5) is 4.79 Å². The van der Waals surface area contributed by atoms with Gasteiger partial charge in [0.1, 0.15) is 5.82 Å². The number of amides is 1. The molecular formula is C20H16Cl3N3O. The standard InChI is InChI=1S/C20H16Cl3N3O/c1-11(2)25-10-17-24-18(15-8-7-14(22)9-16(15)23)19(26(17)20(25)27)12-3-5-13(21)6-4-12/h3-9,11H,10H2,1-2H3. The summed E-state index contributed by atoms with van der Waals surface area (Å²) >= 11 is 18.5. The topological polar surface area (TPSA) is 38.1 Å². The van der Waals surface area contributed by atoms with Gasteiger partial charge in [-0.25, -0.2) is 14.3 Å². The molecule has 0 fully saturated rings. The van der Waals surface area contributed by atoms with Gasteiger partial charge in [-0.3, -0.25) is 0 Å². The van der Waals surface area contributed by atoms with E-state index in [1.54, 1.807) is 33.7 Å².